The summed E-state index contributed by atoms with van der Waals surface area (Å²) in [6.45, 7) is 8.91. The van der Waals surface area contributed by atoms with Gasteiger partial charge in [0.15, 0.2) is 0 Å². The maximum absolute atomic E-state index is 5.31. The van der Waals surface area contributed by atoms with E-state index in [-0.39, 0.29) is 0 Å². The number of hydrogen-bond acceptors (Lipinski definition) is 1. The molecule has 0 bridgehead atoms. The Balaban J connectivity index is 3.96. The van der Waals surface area contributed by atoms with Crippen LogP contribution < -0.4 is 5.32 Å². The molecule has 0 saturated heterocycles. The first-order valence-corrected chi connectivity index (χ1v) is 5.35. The third-order valence-corrected chi connectivity index (χ3v) is 2.55. The van der Waals surface area contributed by atoms with Crippen LogP contribution in [0.2, 0.25) is 0 Å². The van der Waals surface area contributed by atoms with Gasteiger partial charge in [0, 0.05) is 18.5 Å². The van der Waals surface area contributed by atoms with Crippen LogP contribution in [0.15, 0.2) is 0 Å². The van der Waals surface area contributed by atoms with Crippen LogP contribution in [0.25, 0.3) is 0 Å². The zero-order chi connectivity index (χ0) is 10.3. The fourth-order valence-corrected chi connectivity index (χ4v) is 1.55. The summed E-state index contributed by atoms with van der Waals surface area (Å²) in [6, 6.07) is 1.11. The minimum atomic E-state index is 0.498. The Morgan fingerprint density at radius 3 is 2.15 bits per heavy atom. The van der Waals surface area contributed by atoms with Gasteiger partial charge in [-0.3, -0.25) is 0 Å². The van der Waals surface area contributed by atoms with E-state index >= 15 is 0 Å². The highest BCUT2D eigenvalue weighted by molar-refractivity contribution is 4.90. The third-order valence-electron chi connectivity index (χ3n) is 2.55. The summed E-state index contributed by atoms with van der Waals surface area (Å²) in [5.74, 6) is 3.42. The van der Waals surface area contributed by atoms with Crippen LogP contribution in [0, 0.1) is 18.3 Å². The lowest BCUT2D eigenvalue weighted by atomic mass is 9.99. The Labute approximate surface area is 83.3 Å². The van der Waals surface area contributed by atoms with Crippen molar-refractivity contribution in [3.63, 3.8) is 0 Å². The van der Waals surface area contributed by atoms with Crippen LogP contribution in [0.1, 0.15) is 47.0 Å². The molecule has 1 heteroatoms. The summed E-state index contributed by atoms with van der Waals surface area (Å²) in [5.41, 5.74) is 0. The van der Waals surface area contributed by atoms with E-state index in [2.05, 4.69) is 38.9 Å². The first-order valence-electron chi connectivity index (χ1n) is 5.35. The smallest absolute Gasteiger partial charge is 0.0240 e. The Morgan fingerprint density at radius 2 is 1.85 bits per heavy atom. The van der Waals surface area contributed by atoms with Crippen molar-refractivity contribution in [1.29, 1.82) is 0 Å². The van der Waals surface area contributed by atoms with Crippen LogP contribution in [-0.2, 0) is 0 Å². The molecular formula is C12H23N. The van der Waals surface area contributed by atoms with Gasteiger partial charge in [0.25, 0.3) is 0 Å². The number of terminal acetylenes is 1. The highest BCUT2D eigenvalue weighted by Crippen LogP contribution is 2.08. The first kappa shape index (κ1) is 12.5. The van der Waals surface area contributed by atoms with Gasteiger partial charge in [0.2, 0.25) is 0 Å². The lowest BCUT2D eigenvalue weighted by Gasteiger charge is -2.25. The van der Waals surface area contributed by atoms with Gasteiger partial charge in [0.05, 0.1) is 0 Å². The molecule has 0 heterocycles. The predicted molar refractivity (Wildman–Crippen MR) is 59.6 cm³/mol. The fraction of sp³-hybridized carbons (Fsp3) is 0.833. The Bertz CT molecular complexity index is 155. The predicted octanol–water partition coefficient (Wildman–Crippen LogP) is 2.81. The van der Waals surface area contributed by atoms with Crippen molar-refractivity contribution >= 4 is 0 Å². The minimum Gasteiger partial charge on any atom is -0.310 e. The van der Waals surface area contributed by atoms with Gasteiger partial charge in [-0.15, -0.1) is 12.3 Å². The van der Waals surface area contributed by atoms with E-state index < -0.39 is 0 Å². The monoisotopic (exact) mass is 181 g/mol. The van der Waals surface area contributed by atoms with E-state index in [9.17, 15) is 0 Å². The number of rotatable bonds is 6. The van der Waals surface area contributed by atoms with Gasteiger partial charge < -0.3 is 5.32 Å². The van der Waals surface area contributed by atoms with Crippen molar-refractivity contribution in [1.82, 2.24) is 5.32 Å². The average molecular weight is 181 g/mol. The molecule has 0 saturated carbocycles. The second-order valence-electron chi connectivity index (χ2n) is 3.94. The zero-order valence-electron chi connectivity index (χ0n) is 9.43. The van der Waals surface area contributed by atoms with Gasteiger partial charge in [0.1, 0.15) is 0 Å². The van der Waals surface area contributed by atoms with Crippen LogP contribution >= 0.6 is 0 Å². The zero-order valence-corrected chi connectivity index (χ0v) is 9.43. The van der Waals surface area contributed by atoms with Crippen molar-refractivity contribution in [2.75, 3.05) is 0 Å². The van der Waals surface area contributed by atoms with Crippen molar-refractivity contribution in [3.05, 3.63) is 0 Å². The molecule has 0 aromatic rings. The largest absolute Gasteiger partial charge is 0.310 e. The van der Waals surface area contributed by atoms with Gasteiger partial charge in [-0.25, -0.2) is 0 Å². The summed E-state index contributed by atoms with van der Waals surface area (Å²) < 4.78 is 0. The molecule has 76 valence electrons. The summed E-state index contributed by atoms with van der Waals surface area (Å²) in [6.07, 6.45) is 8.45. The van der Waals surface area contributed by atoms with Crippen molar-refractivity contribution < 1.29 is 0 Å². The molecule has 2 unspecified atom stereocenters. The molecule has 0 aliphatic carbocycles. The van der Waals surface area contributed by atoms with Crippen molar-refractivity contribution in [2.45, 2.75) is 59.0 Å². The molecule has 0 aromatic carbocycles. The van der Waals surface area contributed by atoms with Crippen molar-refractivity contribution in [3.8, 4) is 12.3 Å². The lowest BCUT2D eigenvalue weighted by molar-refractivity contribution is 0.339. The lowest BCUT2D eigenvalue weighted by Crippen LogP contribution is -2.40. The molecule has 13 heavy (non-hydrogen) atoms. The Hall–Kier alpha value is -0.480. The quantitative estimate of drug-likeness (QED) is 0.621. The van der Waals surface area contributed by atoms with E-state index in [1.165, 1.54) is 6.42 Å². The standard InChI is InChI=1S/C12H23N/c1-6-9-11(7-2)13-12(8-3)10(4)5/h1,10-13H,7-9H2,2-5H3. The molecule has 0 rings (SSSR count). The first-order chi connectivity index (χ1) is 6.15. The van der Waals surface area contributed by atoms with Crippen LogP contribution in [-0.4, -0.2) is 12.1 Å². The highest BCUT2D eigenvalue weighted by atomic mass is 14.9. The molecule has 0 aliphatic heterocycles. The summed E-state index contributed by atoms with van der Waals surface area (Å²) in [4.78, 5) is 0. The van der Waals surface area contributed by atoms with Gasteiger partial charge in [-0.05, 0) is 18.8 Å². The van der Waals surface area contributed by atoms with Gasteiger partial charge in [-0.1, -0.05) is 27.7 Å². The molecule has 0 aromatic heterocycles. The molecule has 1 N–H and O–H groups in total. The highest BCUT2D eigenvalue weighted by Gasteiger charge is 2.14. The second kappa shape index (κ2) is 6.97. The third kappa shape index (κ3) is 4.95. The molecule has 2 atom stereocenters. The van der Waals surface area contributed by atoms with E-state index in [1.54, 1.807) is 0 Å². The SMILES string of the molecule is C#CCC(CC)NC(CC)C(C)C. The minimum absolute atomic E-state index is 0.498. The molecular weight excluding hydrogens is 158 g/mol. The summed E-state index contributed by atoms with van der Waals surface area (Å²) in [5, 5.41) is 3.61. The normalized spacial score (nSPS) is 15.4. The molecule has 0 spiro atoms. The molecule has 0 fully saturated rings. The molecule has 0 aliphatic rings. The topological polar surface area (TPSA) is 12.0 Å². The van der Waals surface area contributed by atoms with E-state index in [4.69, 9.17) is 6.42 Å². The second-order valence-corrected chi connectivity index (χ2v) is 3.94. The van der Waals surface area contributed by atoms with E-state index in [1.807, 2.05) is 0 Å². The average Bonchev–Trinajstić information content (AvgIpc) is 2.11. The summed E-state index contributed by atoms with van der Waals surface area (Å²) in [7, 11) is 0. The van der Waals surface area contributed by atoms with Crippen LogP contribution in [0.4, 0.5) is 0 Å². The maximum atomic E-state index is 5.31. The van der Waals surface area contributed by atoms with E-state index in [0.717, 1.165) is 12.8 Å². The Kier molecular flexibility index (Phi) is 6.72. The van der Waals surface area contributed by atoms with Gasteiger partial charge in [-0.2, -0.15) is 0 Å². The number of hydrogen-bond donors (Lipinski definition) is 1. The van der Waals surface area contributed by atoms with E-state index in [0.29, 0.717) is 18.0 Å². The number of nitrogens with one attached hydrogen (secondary N) is 1. The molecule has 1 nitrogen and oxygen atoms in total. The Morgan fingerprint density at radius 1 is 1.23 bits per heavy atom. The van der Waals surface area contributed by atoms with Gasteiger partial charge >= 0.3 is 0 Å². The fourth-order valence-electron chi connectivity index (χ4n) is 1.55. The molecule has 0 amide bonds. The maximum Gasteiger partial charge on any atom is 0.0240 e. The molecule has 0 radical (unpaired) electrons. The van der Waals surface area contributed by atoms with Crippen LogP contribution in [0.5, 0.6) is 0 Å². The van der Waals surface area contributed by atoms with Crippen LogP contribution in [0.3, 0.4) is 0 Å². The van der Waals surface area contributed by atoms with Crippen molar-refractivity contribution in [2.24, 2.45) is 5.92 Å². The summed E-state index contributed by atoms with van der Waals surface area (Å²) >= 11 is 0.